The SMILES string of the molecule is CCCCCCC(C)n1c(N)nc2c(C)nn(CC)c21. The molecule has 1 unspecified atom stereocenters. The van der Waals surface area contributed by atoms with E-state index in [4.69, 9.17) is 5.73 Å². The summed E-state index contributed by atoms with van der Waals surface area (Å²) in [6.45, 7) is 9.41. The maximum absolute atomic E-state index is 6.13. The number of hydrogen-bond donors (Lipinski definition) is 1. The van der Waals surface area contributed by atoms with Crippen LogP contribution in [0.1, 0.15) is 64.6 Å². The zero-order valence-corrected chi connectivity index (χ0v) is 13.2. The first-order chi connectivity index (χ1) is 9.60. The molecule has 0 aromatic carbocycles. The Morgan fingerprint density at radius 1 is 1.20 bits per heavy atom. The van der Waals surface area contributed by atoms with Crippen molar-refractivity contribution in [3.05, 3.63) is 5.69 Å². The van der Waals surface area contributed by atoms with Crippen molar-refractivity contribution in [2.45, 2.75) is 72.4 Å². The largest absolute Gasteiger partial charge is 0.369 e. The molecular weight excluding hydrogens is 250 g/mol. The third kappa shape index (κ3) is 2.67. The summed E-state index contributed by atoms with van der Waals surface area (Å²) < 4.78 is 4.17. The van der Waals surface area contributed by atoms with Gasteiger partial charge in [-0.2, -0.15) is 5.10 Å². The van der Waals surface area contributed by atoms with Crippen LogP contribution in [0, 0.1) is 6.92 Å². The van der Waals surface area contributed by atoms with Crippen LogP contribution in [0.2, 0.25) is 0 Å². The number of nitrogens with zero attached hydrogens (tertiary/aromatic N) is 4. The lowest BCUT2D eigenvalue weighted by Gasteiger charge is -2.16. The van der Waals surface area contributed by atoms with Crippen molar-refractivity contribution in [2.24, 2.45) is 0 Å². The van der Waals surface area contributed by atoms with E-state index < -0.39 is 0 Å². The molecular formula is C15H27N5. The molecule has 20 heavy (non-hydrogen) atoms. The second-order valence-electron chi connectivity index (χ2n) is 5.61. The summed E-state index contributed by atoms with van der Waals surface area (Å²) in [6.07, 6.45) is 6.27. The molecule has 5 nitrogen and oxygen atoms in total. The van der Waals surface area contributed by atoms with E-state index >= 15 is 0 Å². The van der Waals surface area contributed by atoms with Gasteiger partial charge in [-0.25, -0.2) is 9.67 Å². The zero-order chi connectivity index (χ0) is 14.7. The molecule has 0 bridgehead atoms. The average Bonchev–Trinajstić information content (AvgIpc) is 2.91. The smallest absolute Gasteiger partial charge is 0.202 e. The molecule has 0 saturated heterocycles. The normalized spacial score (nSPS) is 13.2. The monoisotopic (exact) mass is 277 g/mol. The Labute approximate surface area is 121 Å². The van der Waals surface area contributed by atoms with Gasteiger partial charge in [0, 0.05) is 12.6 Å². The van der Waals surface area contributed by atoms with Crippen LogP contribution in [-0.4, -0.2) is 19.3 Å². The van der Waals surface area contributed by atoms with Crippen LogP contribution in [0.15, 0.2) is 0 Å². The first-order valence-corrected chi connectivity index (χ1v) is 7.80. The van der Waals surface area contributed by atoms with Crippen LogP contribution in [0.3, 0.4) is 0 Å². The number of unbranched alkanes of at least 4 members (excludes halogenated alkanes) is 3. The topological polar surface area (TPSA) is 61.7 Å². The lowest BCUT2D eigenvalue weighted by atomic mass is 10.1. The van der Waals surface area contributed by atoms with E-state index in [9.17, 15) is 0 Å². The fourth-order valence-corrected chi connectivity index (χ4v) is 2.86. The standard InChI is InChI=1S/C15H27N5/c1-5-7-8-9-10-11(3)20-14-13(17-15(20)16)12(4)18-19(14)6-2/h11H,5-10H2,1-4H3,(H2,16,17). The van der Waals surface area contributed by atoms with Gasteiger partial charge in [0.1, 0.15) is 5.52 Å². The van der Waals surface area contributed by atoms with Gasteiger partial charge < -0.3 is 5.73 Å². The number of anilines is 1. The predicted molar refractivity (Wildman–Crippen MR) is 83.8 cm³/mol. The van der Waals surface area contributed by atoms with Crippen LogP contribution in [0.5, 0.6) is 0 Å². The molecule has 2 rings (SSSR count). The summed E-state index contributed by atoms with van der Waals surface area (Å²) in [4.78, 5) is 4.50. The second kappa shape index (κ2) is 6.29. The highest BCUT2D eigenvalue weighted by Gasteiger charge is 2.19. The van der Waals surface area contributed by atoms with E-state index in [1.165, 1.54) is 25.7 Å². The van der Waals surface area contributed by atoms with Crippen molar-refractivity contribution in [1.82, 2.24) is 19.3 Å². The van der Waals surface area contributed by atoms with Crippen LogP contribution < -0.4 is 5.73 Å². The van der Waals surface area contributed by atoms with Gasteiger partial charge in [0.05, 0.1) is 5.69 Å². The van der Waals surface area contributed by atoms with Crippen molar-refractivity contribution in [3.8, 4) is 0 Å². The quantitative estimate of drug-likeness (QED) is 0.785. The number of imidazole rings is 1. The molecule has 0 spiro atoms. The summed E-state index contributed by atoms with van der Waals surface area (Å²) in [5, 5.41) is 4.54. The van der Waals surface area contributed by atoms with Gasteiger partial charge in [0.2, 0.25) is 5.95 Å². The number of hydrogen-bond acceptors (Lipinski definition) is 3. The Morgan fingerprint density at radius 2 is 1.95 bits per heavy atom. The van der Waals surface area contributed by atoms with Crippen LogP contribution in [-0.2, 0) is 6.54 Å². The molecule has 0 aliphatic heterocycles. The van der Waals surface area contributed by atoms with E-state index in [-0.39, 0.29) is 0 Å². The lowest BCUT2D eigenvalue weighted by molar-refractivity contribution is 0.476. The van der Waals surface area contributed by atoms with Gasteiger partial charge >= 0.3 is 0 Å². The molecule has 0 amide bonds. The predicted octanol–water partition coefficient (Wildman–Crippen LogP) is 3.67. The highest BCUT2D eigenvalue weighted by Crippen LogP contribution is 2.27. The minimum Gasteiger partial charge on any atom is -0.369 e. The minimum absolute atomic E-state index is 0.373. The highest BCUT2D eigenvalue weighted by molar-refractivity contribution is 5.77. The third-order valence-corrected chi connectivity index (χ3v) is 3.99. The first-order valence-electron chi connectivity index (χ1n) is 7.80. The number of nitrogens with two attached hydrogens (primary N) is 1. The van der Waals surface area contributed by atoms with Crippen molar-refractivity contribution in [3.63, 3.8) is 0 Å². The molecule has 0 fully saturated rings. The van der Waals surface area contributed by atoms with Gasteiger partial charge in [0.15, 0.2) is 5.65 Å². The molecule has 2 aromatic rings. The number of aromatic nitrogens is 4. The Morgan fingerprint density at radius 3 is 2.60 bits per heavy atom. The number of rotatable bonds is 7. The molecule has 2 N–H and O–H groups in total. The van der Waals surface area contributed by atoms with Crippen LogP contribution in [0.4, 0.5) is 5.95 Å². The molecule has 5 heteroatoms. The Kier molecular flexibility index (Phi) is 4.68. The summed E-state index contributed by atoms with van der Waals surface area (Å²) in [5.41, 5.74) is 9.12. The van der Waals surface area contributed by atoms with Crippen LogP contribution >= 0.6 is 0 Å². The van der Waals surface area contributed by atoms with Gasteiger partial charge in [-0.05, 0) is 27.2 Å². The molecule has 0 radical (unpaired) electrons. The maximum Gasteiger partial charge on any atom is 0.202 e. The van der Waals surface area contributed by atoms with Crippen molar-refractivity contribution < 1.29 is 0 Å². The summed E-state index contributed by atoms with van der Waals surface area (Å²) >= 11 is 0. The van der Waals surface area contributed by atoms with Gasteiger partial charge in [-0.1, -0.05) is 32.6 Å². The Balaban J connectivity index is 2.26. The van der Waals surface area contributed by atoms with E-state index in [2.05, 4.69) is 35.4 Å². The third-order valence-electron chi connectivity index (χ3n) is 3.99. The highest BCUT2D eigenvalue weighted by atomic mass is 15.4. The molecule has 0 aliphatic rings. The lowest BCUT2D eigenvalue weighted by Crippen LogP contribution is -2.12. The molecule has 0 aliphatic carbocycles. The summed E-state index contributed by atoms with van der Waals surface area (Å²) in [7, 11) is 0. The zero-order valence-electron chi connectivity index (χ0n) is 13.2. The van der Waals surface area contributed by atoms with E-state index in [1.807, 2.05) is 11.6 Å². The summed E-state index contributed by atoms with van der Waals surface area (Å²) in [5.74, 6) is 0.616. The summed E-state index contributed by atoms with van der Waals surface area (Å²) in [6, 6.07) is 0.373. The van der Waals surface area contributed by atoms with E-state index in [1.54, 1.807) is 0 Å². The van der Waals surface area contributed by atoms with Crippen LogP contribution in [0.25, 0.3) is 11.2 Å². The number of fused-ring (bicyclic) bond motifs is 1. The Bertz CT molecular complexity index is 566. The molecule has 1 atom stereocenters. The molecule has 0 saturated carbocycles. The van der Waals surface area contributed by atoms with Crippen molar-refractivity contribution in [2.75, 3.05) is 5.73 Å². The minimum atomic E-state index is 0.373. The van der Waals surface area contributed by atoms with Crippen molar-refractivity contribution in [1.29, 1.82) is 0 Å². The molecule has 112 valence electrons. The first kappa shape index (κ1) is 14.9. The molecule has 2 heterocycles. The fourth-order valence-electron chi connectivity index (χ4n) is 2.86. The number of aryl methyl sites for hydroxylation is 2. The molecule has 2 aromatic heterocycles. The van der Waals surface area contributed by atoms with E-state index in [0.29, 0.717) is 12.0 Å². The van der Waals surface area contributed by atoms with E-state index in [0.717, 1.165) is 29.8 Å². The average molecular weight is 277 g/mol. The van der Waals surface area contributed by atoms with Gasteiger partial charge in [-0.3, -0.25) is 4.57 Å². The fraction of sp³-hybridized carbons (Fsp3) is 0.733. The van der Waals surface area contributed by atoms with Crippen molar-refractivity contribution >= 4 is 17.1 Å². The number of nitrogen functional groups attached to an aromatic ring is 1. The Hall–Kier alpha value is -1.52. The van der Waals surface area contributed by atoms with Gasteiger partial charge in [0.25, 0.3) is 0 Å². The maximum atomic E-state index is 6.13. The second-order valence-corrected chi connectivity index (χ2v) is 5.61. The van der Waals surface area contributed by atoms with Gasteiger partial charge in [-0.15, -0.1) is 0 Å².